The third-order valence-corrected chi connectivity index (χ3v) is 2.79. The topological polar surface area (TPSA) is 305 Å². The summed E-state index contributed by atoms with van der Waals surface area (Å²) in [6.07, 6.45) is 0. The molecule has 0 aromatic heterocycles. The number of nitrogens with zero attached hydrogens (tertiary/aromatic N) is 7. The number of urea groups is 1. The highest BCUT2D eigenvalue weighted by Crippen LogP contribution is 2.29. The first-order chi connectivity index (χ1) is 11.7. The summed E-state index contributed by atoms with van der Waals surface area (Å²) in [5.74, 6) is -9.38. The van der Waals surface area contributed by atoms with Crippen LogP contribution in [0.25, 0.3) is 0 Å². The zero-order valence-corrected chi connectivity index (χ0v) is 11.9. The van der Waals surface area contributed by atoms with Crippen molar-refractivity contribution in [3.05, 3.63) is 60.7 Å². The monoisotopic (exact) mass is 386 g/mol. The Morgan fingerprint density at radius 1 is 0.692 bits per heavy atom. The lowest BCUT2D eigenvalue weighted by molar-refractivity contribution is -0.907. The minimum Gasteiger partial charge on any atom is -0.351 e. The van der Waals surface area contributed by atoms with Crippen molar-refractivity contribution in [1.82, 2.24) is 4.90 Å². The number of carbonyl (C=O) groups excluding carboxylic acids is 1. The average Bonchev–Trinajstić information content (AvgIpc) is 2.42. The van der Waals surface area contributed by atoms with Crippen LogP contribution in [0.15, 0.2) is 0 Å². The molecule has 0 aliphatic carbocycles. The zero-order valence-electron chi connectivity index (χ0n) is 11.9. The number of nitro groups is 6. The van der Waals surface area contributed by atoms with Crippen LogP contribution in [0.5, 0.6) is 0 Å². The summed E-state index contributed by atoms with van der Waals surface area (Å²) in [6, 6.07) is -2.63. The molecular weight excluding hydrogens is 380 g/mol. The van der Waals surface area contributed by atoms with Gasteiger partial charge in [-0.3, -0.25) is 60.7 Å². The lowest BCUT2D eigenvalue weighted by Gasteiger charge is -2.27. The molecule has 0 saturated heterocycles. The van der Waals surface area contributed by atoms with Gasteiger partial charge in [-0.2, -0.15) is 0 Å². The fraction of sp³-hybridized carbons (Fsp3) is 0.800. The smallest absolute Gasteiger partial charge is 0.351 e. The fourth-order valence-corrected chi connectivity index (χ4v) is 1.82. The Kier molecular flexibility index (Phi) is 5.88. The minimum absolute atomic E-state index is 1.51. The van der Waals surface area contributed by atoms with Crippen LogP contribution in [0.3, 0.4) is 0 Å². The number of nitrogens with two attached hydrogens (primary N) is 1. The number of carbonyl (C=O) groups is 1. The third-order valence-electron chi connectivity index (χ3n) is 2.79. The Labute approximate surface area is 137 Å². The lowest BCUT2D eigenvalue weighted by Crippen LogP contribution is -2.78. The second-order valence-corrected chi connectivity index (χ2v) is 4.23. The number of rotatable bonds is 10. The van der Waals surface area contributed by atoms with E-state index in [4.69, 9.17) is 0 Å². The standard InChI is InChI=1S/C5H6N8O13/c6-3(14)9(4(10(19)20,11(21)22)1-7(15)16)5(12(23)24,13(25)26)2-8(17)18/h1-2H2,(H2,6,14). The molecule has 0 aliphatic rings. The van der Waals surface area contributed by atoms with Crippen LogP contribution < -0.4 is 5.73 Å². The molecular formula is C5H6N8O13. The third kappa shape index (κ3) is 3.29. The van der Waals surface area contributed by atoms with Crippen molar-refractivity contribution in [1.29, 1.82) is 0 Å². The molecule has 2 N–H and O–H groups in total. The maximum atomic E-state index is 11.5. The Morgan fingerprint density at radius 3 is 1.04 bits per heavy atom. The van der Waals surface area contributed by atoms with Gasteiger partial charge in [-0.1, -0.05) is 0 Å². The largest absolute Gasteiger partial charge is 0.622 e. The molecule has 0 fully saturated rings. The van der Waals surface area contributed by atoms with Gasteiger partial charge in [-0.05, 0) is 4.90 Å². The van der Waals surface area contributed by atoms with Crippen LogP contribution >= 0.6 is 0 Å². The molecule has 21 nitrogen and oxygen atoms in total. The van der Waals surface area contributed by atoms with Crippen molar-refractivity contribution in [3.8, 4) is 0 Å². The summed E-state index contributed by atoms with van der Waals surface area (Å²) < 4.78 is 0. The van der Waals surface area contributed by atoms with E-state index >= 15 is 0 Å². The van der Waals surface area contributed by atoms with Crippen LogP contribution in [-0.4, -0.2) is 65.1 Å². The summed E-state index contributed by atoms with van der Waals surface area (Å²) in [5.41, 5.74) is 4.54. The van der Waals surface area contributed by atoms with E-state index < -0.39 is 65.1 Å². The average molecular weight is 386 g/mol. The first-order valence-corrected chi connectivity index (χ1v) is 5.59. The molecule has 0 unspecified atom stereocenters. The highest BCUT2D eigenvalue weighted by molar-refractivity contribution is 5.73. The molecule has 0 bridgehead atoms. The number of primary amides is 1. The lowest BCUT2D eigenvalue weighted by atomic mass is 10.2. The van der Waals surface area contributed by atoms with Crippen molar-refractivity contribution in [2.24, 2.45) is 5.73 Å². The molecule has 26 heavy (non-hydrogen) atoms. The van der Waals surface area contributed by atoms with E-state index in [1.807, 2.05) is 0 Å². The molecule has 0 spiro atoms. The van der Waals surface area contributed by atoms with E-state index in [0.29, 0.717) is 0 Å². The van der Waals surface area contributed by atoms with E-state index in [9.17, 15) is 65.5 Å². The molecule has 144 valence electrons. The maximum Gasteiger partial charge on any atom is 0.622 e. The number of hydrogen-bond donors (Lipinski definition) is 1. The molecule has 0 aromatic carbocycles. The van der Waals surface area contributed by atoms with Crippen molar-refractivity contribution >= 4 is 6.03 Å². The van der Waals surface area contributed by atoms with Gasteiger partial charge in [0.2, 0.25) is 0 Å². The van der Waals surface area contributed by atoms with E-state index in [1.165, 1.54) is 0 Å². The molecule has 0 aromatic rings. The van der Waals surface area contributed by atoms with Crippen molar-refractivity contribution in [3.63, 3.8) is 0 Å². The molecule has 0 radical (unpaired) electrons. The SMILES string of the molecule is NC(=O)N(C(C[N+](=O)[O-])([N+](=O)[O-])[N+](=O)[O-])C(C[N+](=O)[O-])([N+](=O)[O-])[N+](=O)[O-]. The summed E-state index contributed by atoms with van der Waals surface area (Å²) in [4.78, 5) is 63.1. The minimum atomic E-state index is -4.69. The normalized spacial score (nSPS) is 11.2. The Balaban J connectivity index is 7.27. The van der Waals surface area contributed by atoms with Gasteiger partial charge in [0.1, 0.15) is 19.7 Å². The van der Waals surface area contributed by atoms with E-state index in [0.717, 1.165) is 0 Å². The van der Waals surface area contributed by atoms with Gasteiger partial charge in [0.05, 0.1) is 0 Å². The van der Waals surface area contributed by atoms with Gasteiger partial charge in [0.25, 0.3) is 0 Å². The van der Waals surface area contributed by atoms with Gasteiger partial charge in [-0.15, -0.1) is 0 Å². The molecule has 0 aliphatic heterocycles. The van der Waals surface area contributed by atoms with Crippen molar-refractivity contribution in [2.75, 3.05) is 13.1 Å². The molecule has 2 amide bonds. The first kappa shape index (κ1) is 21.7. The molecule has 0 atom stereocenters. The van der Waals surface area contributed by atoms with Crippen LogP contribution in [0, 0.1) is 60.7 Å². The van der Waals surface area contributed by atoms with Gasteiger partial charge in [-0.25, -0.2) is 4.79 Å². The van der Waals surface area contributed by atoms with Gasteiger partial charge in [0.15, 0.2) is 0 Å². The Hall–Kier alpha value is -4.33. The molecule has 0 rings (SSSR count). The maximum absolute atomic E-state index is 11.5. The van der Waals surface area contributed by atoms with Crippen molar-refractivity contribution < 1.29 is 34.3 Å². The second-order valence-electron chi connectivity index (χ2n) is 4.23. The number of amides is 2. The number of hydrogen-bond acceptors (Lipinski definition) is 13. The van der Waals surface area contributed by atoms with Crippen LogP contribution in [0.2, 0.25) is 0 Å². The van der Waals surface area contributed by atoms with Gasteiger partial charge >= 0.3 is 30.7 Å². The quantitative estimate of drug-likeness (QED) is 0.228. The first-order valence-electron chi connectivity index (χ1n) is 5.59. The highest BCUT2D eigenvalue weighted by Gasteiger charge is 2.85. The van der Waals surface area contributed by atoms with Crippen LogP contribution in [0.1, 0.15) is 0 Å². The van der Waals surface area contributed by atoms with Crippen LogP contribution in [0.4, 0.5) is 4.79 Å². The molecule has 0 saturated carbocycles. The Morgan fingerprint density at radius 2 is 0.923 bits per heavy atom. The van der Waals surface area contributed by atoms with E-state index in [1.54, 1.807) is 0 Å². The van der Waals surface area contributed by atoms with E-state index in [2.05, 4.69) is 5.73 Å². The molecule has 21 heteroatoms. The predicted molar refractivity (Wildman–Crippen MR) is 68.6 cm³/mol. The van der Waals surface area contributed by atoms with E-state index in [-0.39, 0.29) is 0 Å². The summed E-state index contributed by atoms with van der Waals surface area (Å²) >= 11 is 0. The second kappa shape index (κ2) is 7.05. The molecule has 0 heterocycles. The summed E-state index contributed by atoms with van der Waals surface area (Å²) in [6.45, 7) is -5.06. The van der Waals surface area contributed by atoms with Gasteiger partial charge < -0.3 is 5.73 Å². The van der Waals surface area contributed by atoms with Crippen LogP contribution in [-0.2, 0) is 0 Å². The van der Waals surface area contributed by atoms with Crippen molar-refractivity contribution in [2.45, 2.75) is 11.6 Å². The predicted octanol–water partition coefficient (Wildman–Crippen LogP) is -2.67. The van der Waals surface area contributed by atoms with Gasteiger partial charge in [0, 0.05) is 9.85 Å². The summed E-state index contributed by atoms with van der Waals surface area (Å²) in [7, 11) is 0. The summed E-state index contributed by atoms with van der Waals surface area (Å²) in [5, 5.41) is 65.6. The Bertz CT molecular complexity index is 621. The highest BCUT2D eigenvalue weighted by atomic mass is 16.7. The zero-order chi connectivity index (χ0) is 21.0. The fourth-order valence-electron chi connectivity index (χ4n) is 1.82.